The third kappa shape index (κ3) is 3.49. The standard InChI is InChI=1S/C10H16N2/c11-7-3-1-2-5-10-6-4-8-12-9-10/h4,6,8-9H,1-3,5,7,11H2. The van der Waals surface area contributed by atoms with Crippen LogP contribution < -0.4 is 5.73 Å². The van der Waals surface area contributed by atoms with Crippen LogP contribution in [0, 0.1) is 0 Å². The summed E-state index contributed by atoms with van der Waals surface area (Å²) >= 11 is 0. The van der Waals surface area contributed by atoms with Gasteiger partial charge in [0.15, 0.2) is 0 Å². The molecule has 2 N–H and O–H groups in total. The molecule has 0 aliphatic heterocycles. The van der Waals surface area contributed by atoms with Crippen LogP contribution in [0.2, 0.25) is 0 Å². The summed E-state index contributed by atoms with van der Waals surface area (Å²) in [6.45, 7) is 0.813. The van der Waals surface area contributed by atoms with E-state index in [1.165, 1.54) is 18.4 Å². The van der Waals surface area contributed by atoms with Gasteiger partial charge in [0.05, 0.1) is 0 Å². The Bertz CT molecular complexity index is 196. The maximum absolute atomic E-state index is 5.40. The third-order valence-corrected chi connectivity index (χ3v) is 1.89. The normalized spacial score (nSPS) is 10.1. The molecule has 0 amide bonds. The quantitative estimate of drug-likeness (QED) is 0.673. The molecule has 0 aliphatic carbocycles. The zero-order valence-electron chi connectivity index (χ0n) is 7.37. The summed E-state index contributed by atoms with van der Waals surface area (Å²) in [6.07, 6.45) is 8.47. The first-order valence-electron chi connectivity index (χ1n) is 4.52. The molecule has 1 aromatic heterocycles. The van der Waals surface area contributed by atoms with E-state index in [0.29, 0.717) is 0 Å². The van der Waals surface area contributed by atoms with Crippen LogP contribution in [0.1, 0.15) is 24.8 Å². The molecule has 0 spiro atoms. The average molecular weight is 164 g/mol. The maximum atomic E-state index is 5.40. The molecule has 0 fully saturated rings. The molecule has 0 saturated carbocycles. The van der Waals surface area contributed by atoms with Crippen LogP contribution in [0.3, 0.4) is 0 Å². The van der Waals surface area contributed by atoms with Gasteiger partial charge in [0.1, 0.15) is 0 Å². The number of rotatable bonds is 5. The van der Waals surface area contributed by atoms with Gasteiger partial charge in [-0.15, -0.1) is 0 Å². The molecule has 0 atom stereocenters. The number of pyridine rings is 1. The SMILES string of the molecule is NCCCCCc1cccnc1. The minimum Gasteiger partial charge on any atom is -0.330 e. The van der Waals surface area contributed by atoms with Crippen molar-refractivity contribution in [3.63, 3.8) is 0 Å². The van der Waals surface area contributed by atoms with Crippen molar-refractivity contribution in [2.45, 2.75) is 25.7 Å². The highest BCUT2D eigenvalue weighted by atomic mass is 14.6. The maximum Gasteiger partial charge on any atom is 0.0299 e. The largest absolute Gasteiger partial charge is 0.330 e. The molecule has 1 aromatic rings. The molecular weight excluding hydrogens is 148 g/mol. The average Bonchev–Trinajstić information content (AvgIpc) is 2.14. The summed E-state index contributed by atoms with van der Waals surface area (Å²) in [5.41, 5.74) is 6.72. The Morgan fingerprint density at radius 1 is 1.25 bits per heavy atom. The van der Waals surface area contributed by atoms with E-state index in [9.17, 15) is 0 Å². The highest BCUT2D eigenvalue weighted by Crippen LogP contribution is 2.03. The van der Waals surface area contributed by atoms with Gasteiger partial charge in [0.2, 0.25) is 0 Å². The van der Waals surface area contributed by atoms with Crippen LogP contribution in [0.25, 0.3) is 0 Å². The van der Waals surface area contributed by atoms with Gasteiger partial charge in [-0.25, -0.2) is 0 Å². The molecule has 2 heteroatoms. The summed E-state index contributed by atoms with van der Waals surface area (Å²) in [6, 6.07) is 4.10. The van der Waals surface area contributed by atoms with Crippen LogP contribution in [0.4, 0.5) is 0 Å². The molecule has 0 radical (unpaired) electrons. The first kappa shape index (κ1) is 9.20. The molecule has 12 heavy (non-hydrogen) atoms. The van der Waals surface area contributed by atoms with Gasteiger partial charge >= 0.3 is 0 Å². The molecule has 0 aliphatic rings. The Balaban J connectivity index is 2.16. The van der Waals surface area contributed by atoms with E-state index >= 15 is 0 Å². The molecule has 1 rings (SSSR count). The second-order valence-corrected chi connectivity index (χ2v) is 2.96. The number of aryl methyl sites for hydroxylation is 1. The van der Waals surface area contributed by atoms with Gasteiger partial charge in [-0.1, -0.05) is 12.5 Å². The number of hydrogen-bond acceptors (Lipinski definition) is 2. The fourth-order valence-corrected chi connectivity index (χ4v) is 1.20. The number of nitrogens with two attached hydrogens (primary N) is 1. The molecule has 1 heterocycles. The molecule has 0 bridgehead atoms. The van der Waals surface area contributed by atoms with E-state index in [1.54, 1.807) is 0 Å². The molecule has 0 aromatic carbocycles. The molecule has 66 valence electrons. The van der Waals surface area contributed by atoms with Crippen molar-refractivity contribution in [1.29, 1.82) is 0 Å². The van der Waals surface area contributed by atoms with E-state index < -0.39 is 0 Å². The smallest absolute Gasteiger partial charge is 0.0299 e. The summed E-state index contributed by atoms with van der Waals surface area (Å²) in [5, 5.41) is 0. The number of nitrogens with zero attached hydrogens (tertiary/aromatic N) is 1. The lowest BCUT2D eigenvalue weighted by atomic mass is 10.1. The van der Waals surface area contributed by atoms with Gasteiger partial charge in [-0.3, -0.25) is 4.98 Å². The van der Waals surface area contributed by atoms with Gasteiger partial charge < -0.3 is 5.73 Å². The fraction of sp³-hybridized carbons (Fsp3) is 0.500. The molecule has 0 saturated heterocycles. The lowest BCUT2D eigenvalue weighted by Crippen LogP contribution is -1.98. The van der Waals surface area contributed by atoms with Gasteiger partial charge in [-0.2, -0.15) is 0 Å². The van der Waals surface area contributed by atoms with Gasteiger partial charge in [-0.05, 0) is 37.4 Å². The first-order valence-corrected chi connectivity index (χ1v) is 4.52. The molecular formula is C10H16N2. The first-order chi connectivity index (χ1) is 5.93. The van der Waals surface area contributed by atoms with Crippen molar-refractivity contribution in [2.75, 3.05) is 6.54 Å². The number of aromatic nitrogens is 1. The highest BCUT2D eigenvalue weighted by Gasteiger charge is 1.91. The summed E-state index contributed by atoms with van der Waals surface area (Å²) in [7, 11) is 0. The minimum atomic E-state index is 0.813. The minimum absolute atomic E-state index is 0.813. The van der Waals surface area contributed by atoms with E-state index in [2.05, 4.69) is 11.1 Å². The summed E-state index contributed by atoms with van der Waals surface area (Å²) in [4.78, 5) is 4.06. The fourth-order valence-electron chi connectivity index (χ4n) is 1.20. The zero-order chi connectivity index (χ0) is 8.65. The monoisotopic (exact) mass is 164 g/mol. The van der Waals surface area contributed by atoms with E-state index in [0.717, 1.165) is 19.4 Å². The van der Waals surface area contributed by atoms with E-state index in [-0.39, 0.29) is 0 Å². The van der Waals surface area contributed by atoms with Crippen LogP contribution in [-0.2, 0) is 6.42 Å². The predicted molar refractivity (Wildman–Crippen MR) is 50.8 cm³/mol. The predicted octanol–water partition coefficient (Wildman–Crippen LogP) is 1.75. The summed E-state index contributed by atoms with van der Waals surface area (Å²) in [5.74, 6) is 0. The van der Waals surface area contributed by atoms with Crippen molar-refractivity contribution in [3.8, 4) is 0 Å². The van der Waals surface area contributed by atoms with Crippen molar-refractivity contribution >= 4 is 0 Å². The second-order valence-electron chi connectivity index (χ2n) is 2.96. The Morgan fingerprint density at radius 2 is 2.17 bits per heavy atom. The highest BCUT2D eigenvalue weighted by molar-refractivity contribution is 5.08. The lowest BCUT2D eigenvalue weighted by Gasteiger charge is -1.98. The van der Waals surface area contributed by atoms with Crippen LogP contribution in [0.15, 0.2) is 24.5 Å². The lowest BCUT2D eigenvalue weighted by molar-refractivity contribution is 0.685. The van der Waals surface area contributed by atoms with Crippen LogP contribution in [-0.4, -0.2) is 11.5 Å². The van der Waals surface area contributed by atoms with Crippen LogP contribution in [0.5, 0.6) is 0 Å². The Kier molecular flexibility index (Phi) is 4.39. The molecule has 0 unspecified atom stereocenters. The van der Waals surface area contributed by atoms with Gasteiger partial charge in [0.25, 0.3) is 0 Å². The van der Waals surface area contributed by atoms with Crippen molar-refractivity contribution in [1.82, 2.24) is 4.98 Å². The Morgan fingerprint density at radius 3 is 2.83 bits per heavy atom. The van der Waals surface area contributed by atoms with E-state index in [1.807, 2.05) is 18.5 Å². The second kappa shape index (κ2) is 5.72. The van der Waals surface area contributed by atoms with Crippen molar-refractivity contribution in [2.24, 2.45) is 5.73 Å². The van der Waals surface area contributed by atoms with Crippen molar-refractivity contribution < 1.29 is 0 Å². The summed E-state index contributed by atoms with van der Waals surface area (Å²) < 4.78 is 0. The Hall–Kier alpha value is -0.890. The topological polar surface area (TPSA) is 38.9 Å². The molecule has 2 nitrogen and oxygen atoms in total. The third-order valence-electron chi connectivity index (χ3n) is 1.89. The number of hydrogen-bond donors (Lipinski definition) is 1. The zero-order valence-corrected chi connectivity index (χ0v) is 7.37. The van der Waals surface area contributed by atoms with Gasteiger partial charge in [0, 0.05) is 12.4 Å². The Labute approximate surface area is 73.8 Å². The van der Waals surface area contributed by atoms with E-state index in [4.69, 9.17) is 5.73 Å². The number of unbranched alkanes of at least 4 members (excludes halogenated alkanes) is 2. The van der Waals surface area contributed by atoms with Crippen LogP contribution >= 0.6 is 0 Å². The van der Waals surface area contributed by atoms with Crippen molar-refractivity contribution in [3.05, 3.63) is 30.1 Å².